The molecule has 0 amide bonds. The van der Waals surface area contributed by atoms with E-state index in [-0.39, 0.29) is 12.7 Å². The topological polar surface area (TPSA) is 78.9 Å². The van der Waals surface area contributed by atoms with Gasteiger partial charge in [0.2, 0.25) is 0 Å². The molecule has 0 aliphatic heterocycles. The van der Waals surface area contributed by atoms with E-state index in [2.05, 4.69) is 4.18 Å². The molecule has 0 heterocycles. The first kappa shape index (κ1) is 22.0. The molecule has 0 fully saturated rings. The fourth-order valence-corrected chi connectivity index (χ4v) is 4.86. The van der Waals surface area contributed by atoms with E-state index in [1.54, 1.807) is 0 Å². The minimum Gasteiger partial charge on any atom is -0.307 e. The molecule has 0 spiro atoms. The second kappa shape index (κ2) is 8.13. The Morgan fingerprint density at radius 2 is 1.84 bits per heavy atom. The van der Waals surface area contributed by atoms with Crippen LogP contribution in [0.15, 0.2) is 23.1 Å². The summed E-state index contributed by atoms with van der Waals surface area (Å²) in [6, 6.07) is 0.990. The maximum atomic E-state index is 13.1. The van der Waals surface area contributed by atoms with E-state index < -0.39 is 52.6 Å². The first-order valence-corrected chi connectivity index (χ1v) is 10.1. The molecule has 0 saturated heterocycles. The summed E-state index contributed by atoms with van der Waals surface area (Å²) < 4.78 is 103. The Labute approximate surface area is 142 Å². The molecule has 1 atom stereocenters. The Morgan fingerprint density at radius 1 is 1.24 bits per heavy atom. The SMILES string of the molecule is CCOP(=O)(COS(=O)(=O)c1ccc(F)cc1C(F)(F)F)OC(C)C. The number of alkyl halides is 3. The monoisotopic (exact) mass is 408 g/mol. The average Bonchev–Trinajstić information content (AvgIpc) is 2.43. The summed E-state index contributed by atoms with van der Waals surface area (Å²) in [7, 11) is -9.01. The lowest BCUT2D eigenvalue weighted by molar-refractivity contribution is -0.140. The molecule has 6 nitrogen and oxygen atoms in total. The molecule has 1 rings (SSSR count). The summed E-state index contributed by atoms with van der Waals surface area (Å²) >= 11 is 0. The lowest BCUT2D eigenvalue weighted by Gasteiger charge is -2.20. The molecule has 0 aromatic heterocycles. The van der Waals surface area contributed by atoms with E-state index in [4.69, 9.17) is 9.05 Å². The van der Waals surface area contributed by atoms with Gasteiger partial charge in [-0.05, 0) is 39.0 Å². The van der Waals surface area contributed by atoms with Gasteiger partial charge in [-0.1, -0.05) is 0 Å². The van der Waals surface area contributed by atoms with Gasteiger partial charge < -0.3 is 9.05 Å². The molecule has 25 heavy (non-hydrogen) atoms. The highest BCUT2D eigenvalue weighted by atomic mass is 32.2. The molecule has 1 aromatic rings. The zero-order valence-corrected chi connectivity index (χ0v) is 15.3. The van der Waals surface area contributed by atoms with Crippen LogP contribution in [0.5, 0.6) is 0 Å². The zero-order valence-electron chi connectivity index (χ0n) is 13.5. The third-order valence-corrected chi connectivity index (χ3v) is 5.92. The van der Waals surface area contributed by atoms with Crippen LogP contribution in [0.25, 0.3) is 0 Å². The van der Waals surface area contributed by atoms with Crippen molar-refractivity contribution in [3.05, 3.63) is 29.6 Å². The number of rotatable bonds is 8. The Kier molecular flexibility index (Phi) is 7.17. The van der Waals surface area contributed by atoms with Gasteiger partial charge in [0.1, 0.15) is 10.7 Å². The van der Waals surface area contributed by atoms with E-state index in [1.165, 1.54) is 20.8 Å². The molecule has 0 saturated carbocycles. The lowest BCUT2D eigenvalue weighted by atomic mass is 10.2. The van der Waals surface area contributed by atoms with Crippen molar-refractivity contribution in [2.45, 2.75) is 37.9 Å². The third kappa shape index (κ3) is 6.34. The van der Waals surface area contributed by atoms with Gasteiger partial charge >= 0.3 is 13.8 Å². The molecule has 0 radical (unpaired) electrons. The molecular weight excluding hydrogens is 391 g/mol. The maximum absolute atomic E-state index is 13.1. The van der Waals surface area contributed by atoms with Gasteiger partial charge in [-0.3, -0.25) is 8.75 Å². The van der Waals surface area contributed by atoms with Crippen LogP contribution in [-0.4, -0.2) is 27.5 Å². The van der Waals surface area contributed by atoms with Crippen LogP contribution < -0.4 is 0 Å². The van der Waals surface area contributed by atoms with Gasteiger partial charge in [0, 0.05) is 0 Å². The average molecular weight is 408 g/mol. The van der Waals surface area contributed by atoms with Crippen LogP contribution in [-0.2, 0) is 34.1 Å². The fourth-order valence-electron chi connectivity index (χ4n) is 1.76. The van der Waals surface area contributed by atoms with Crippen LogP contribution in [0.2, 0.25) is 0 Å². The highest BCUT2D eigenvalue weighted by molar-refractivity contribution is 7.87. The van der Waals surface area contributed by atoms with Crippen LogP contribution in [0.3, 0.4) is 0 Å². The number of hydrogen-bond donors (Lipinski definition) is 0. The summed E-state index contributed by atoms with van der Waals surface area (Å²) in [5, 5.41) is 0. The highest BCUT2D eigenvalue weighted by Gasteiger charge is 2.39. The van der Waals surface area contributed by atoms with Gasteiger partial charge in [0.05, 0.1) is 18.3 Å². The van der Waals surface area contributed by atoms with E-state index in [9.17, 15) is 30.5 Å². The first-order valence-electron chi connectivity index (χ1n) is 6.99. The summed E-state index contributed by atoms with van der Waals surface area (Å²) in [5.74, 6) is -1.27. The standard InChI is InChI=1S/C13H17F4O6PS/c1-4-21-24(18,23-9(2)3)8-22-25(19,20)12-6-5-10(14)7-11(12)13(15,16)17/h5-7,9H,4,8H2,1-3H3. The molecule has 12 heteroatoms. The van der Waals surface area contributed by atoms with Crippen molar-refractivity contribution in [3.8, 4) is 0 Å². The number of hydrogen-bond acceptors (Lipinski definition) is 6. The molecule has 1 aromatic carbocycles. The van der Waals surface area contributed by atoms with Crippen LogP contribution in [0, 0.1) is 5.82 Å². The van der Waals surface area contributed by atoms with Crippen LogP contribution in [0.4, 0.5) is 17.6 Å². The molecule has 0 N–H and O–H groups in total. The summed E-state index contributed by atoms with van der Waals surface area (Å²) in [5.41, 5.74) is -1.73. The van der Waals surface area contributed by atoms with Gasteiger partial charge in [-0.2, -0.15) is 21.6 Å². The Morgan fingerprint density at radius 3 is 2.32 bits per heavy atom. The molecular formula is C13H17F4O6PS. The second-order valence-corrected chi connectivity index (χ2v) is 8.55. The predicted octanol–water partition coefficient (Wildman–Crippen LogP) is 4.16. The smallest absolute Gasteiger partial charge is 0.307 e. The van der Waals surface area contributed by atoms with E-state index in [0.29, 0.717) is 12.1 Å². The van der Waals surface area contributed by atoms with Gasteiger partial charge in [0.15, 0.2) is 6.35 Å². The van der Waals surface area contributed by atoms with Crippen molar-refractivity contribution in [2.75, 3.05) is 13.0 Å². The van der Waals surface area contributed by atoms with Crippen molar-refractivity contribution >= 4 is 17.7 Å². The van der Waals surface area contributed by atoms with Crippen LogP contribution >= 0.6 is 7.60 Å². The van der Waals surface area contributed by atoms with Crippen molar-refractivity contribution in [3.63, 3.8) is 0 Å². The van der Waals surface area contributed by atoms with Gasteiger partial charge in [0.25, 0.3) is 10.1 Å². The largest absolute Gasteiger partial charge is 0.417 e. The fraction of sp³-hybridized carbons (Fsp3) is 0.538. The van der Waals surface area contributed by atoms with Crippen molar-refractivity contribution in [1.29, 1.82) is 0 Å². The first-order chi connectivity index (χ1) is 11.3. The maximum Gasteiger partial charge on any atom is 0.417 e. The molecule has 0 aliphatic rings. The molecule has 1 unspecified atom stereocenters. The normalized spacial score (nSPS) is 15.4. The van der Waals surface area contributed by atoms with E-state index in [1.807, 2.05) is 0 Å². The van der Waals surface area contributed by atoms with Crippen LogP contribution in [0.1, 0.15) is 26.3 Å². The molecule has 144 valence electrons. The predicted molar refractivity (Wildman–Crippen MR) is 80.0 cm³/mol. The van der Waals surface area contributed by atoms with Gasteiger partial charge in [-0.25, -0.2) is 4.39 Å². The summed E-state index contributed by atoms with van der Waals surface area (Å²) in [6.07, 6.45) is -6.86. The summed E-state index contributed by atoms with van der Waals surface area (Å²) in [4.78, 5) is -1.30. The second-order valence-electron chi connectivity index (χ2n) is 5.02. The Balaban J connectivity index is 3.16. The minimum absolute atomic E-state index is 0.0307. The van der Waals surface area contributed by atoms with Crippen molar-refractivity contribution < 1.29 is 43.8 Å². The Bertz CT molecular complexity index is 747. The van der Waals surface area contributed by atoms with Gasteiger partial charge in [-0.15, -0.1) is 0 Å². The lowest BCUT2D eigenvalue weighted by Crippen LogP contribution is -2.17. The zero-order chi connectivity index (χ0) is 19.5. The van der Waals surface area contributed by atoms with Crippen molar-refractivity contribution in [2.24, 2.45) is 0 Å². The highest BCUT2D eigenvalue weighted by Crippen LogP contribution is 2.50. The molecule has 0 aliphatic carbocycles. The Hall–Kier alpha value is -1.00. The quantitative estimate of drug-likeness (QED) is 0.365. The van der Waals surface area contributed by atoms with E-state index in [0.717, 1.165) is 0 Å². The van der Waals surface area contributed by atoms with Crippen molar-refractivity contribution in [1.82, 2.24) is 0 Å². The number of benzene rings is 1. The minimum atomic E-state index is -5.13. The van der Waals surface area contributed by atoms with E-state index >= 15 is 0 Å². The molecule has 0 bridgehead atoms. The summed E-state index contributed by atoms with van der Waals surface area (Å²) in [6.45, 7) is 4.37. The third-order valence-electron chi connectivity index (χ3n) is 2.58. The number of halogens is 4.